The van der Waals surface area contributed by atoms with Crippen molar-refractivity contribution in [2.45, 2.75) is 88.3 Å². The summed E-state index contributed by atoms with van der Waals surface area (Å²) < 4.78 is 2.12. The Morgan fingerprint density at radius 3 is 2.44 bits per heavy atom. The molecule has 1 saturated carbocycles. The SMILES string of the molecule is CN(C)C(=O)c1cc2cnc(Nc3ccc([C@H]4CCN(C5CN(c6cccc7c6C(C)(C)C(=O)N7[C@@H]6CCC(=O)NC6=O)C5)C4)cn3)nc2n1C1CCCC1. The lowest BCUT2D eigenvalue weighted by Gasteiger charge is -2.46. The minimum atomic E-state index is -0.791. The van der Waals surface area contributed by atoms with E-state index in [0.717, 1.165) is 86.3 Å². The maximum Gasteiger partial charge on any atom is 0.270 e. The van der Waals surface area contributed by atoms with Crippen LogP contribution in [0.25, 0.3) is 11.0 Å². The minimum absolute atomic E-state index is 0.0297. The van der Waals surface area contributed by atoms with Crippen LogP contribution in [-0.2, 0) is 19.8 Å². The fourth-order valence-corrected chi connectivity index (χ4v) is 9.49. The fourth-order valence-electron chi connectivity index (χ4n) is 9.49. The number of carbonyl (C=O) groups is 4. The lowest BCUT2D eigenvalue weighted by atomic mass is 9.84. The van der Waals surface area contributed by atoms with Crippen LogP contribution in [0, 0.1) is 0 Å². The van der Waals surface area contributed by atoms with Crippen molar-refractivity contribution in [1.82, 2.24) is 34.6 Å². The summed E-state index contributed by atoms with van der Waals surface area (Å²) >= 11 is 0. The third-order valence-corrected chi connectivity index (χ3v) is 12.5. The highest BCUT2D eigenvalue weighted by atomic mass is 16.2. The summed E-state index contributed by atoms with van der Waals surface area (Å²) in [7, 11) is 3.56. The largest absolute Gasteiger partial charge is 0.368 e. The second-order valence-corrected chi connectivity index (χ2v) is 16.6. The maximum absolute atomic E-state index is 13.8. The number of hydrogen-bond acceptors (Lipinski definition) is 10. The molecule has 2 atom stereocenters. The molecule has 3 aromatic heterocycles. The van der Waals surface area contributed by atoms with Gasteiger partial charge in [-0.25, -0.2) is 9.97 Å². The molecule has 7 heterocycles. The Hall–Kier alpha value is -5.37. The number of rotatable bonds is 8. The zero-order chi connectivity index (χ0) is 38.2. The summed E-state index contributed by atoms with van der Waals surface area (Å²) in [6.07, 6.45) is 9.72. The van der Waals surface area contributed by atoms with Crippen molar-refractivity contribution >= 4 is 57.8 Å². The Morgan fingerprint density at radius 2 is 1.71 bits per heavy atom. The van der Waals surface area contributed by atoms with E-state index in [2.05, 4.69) is 42.1 Å². The van der Waals surface area contributed by atoms with Crippen molar-refractivity contribution in [3.05, 3.63) is 65.6 Å². The highest BCUT2D eigenvalue weighted by Gasteiger charge is 2.51. The molecular weight excluding hydrogens is 697 g/mol. The van der Waals surface area contributed by atoms with Gasteiger partial charge in [-0.3, -0.25) is 34.3 Å². The standard InChI is InChI=1S/C41H48N10O4/c1-41(2)35-29(10-7-11-30(35)51(39(41)55)31-13-15-34(52)45-37(31)53)49-22-28(23-49)48-17-16-25(21-48)24-12-14-33(42-19-24)44-40-43-20-26-18-32(38(54)47(3)4)50(36(26)46-40)27-8-5-6-9-27/h7,10-12,14,18-20,25,27-28,31H,5-6,8-9,13,15-17,21-23H2,1-4H3,(H,45,52,53)(H,42,43,44,46)/t25-,31+/m0/s1. The van der Waals surface area contributed by atoms with E-state index in [9.17, 15) is 19.2 Å². The molecule has 1 aromatic carbocycles. The Labute approximate surface area is 320 Å². The third kappa shape index (κ3) is 6.01. The van der Waals surface area contributed by atoms with Crippen LogP contribution in [0.5, 0.6) is 0 Å². The number of carbonyl (C=O) groups excluding carboxylic acids is 4. The molecular formula is C41H48N10O4. The van der Waals surface area contributed by atoms with E-state index in [1.807, 2.05) is 44.3 Å². The van der Waals surface area contributed by atoms with Crippen molar-refractivity contribution in [1.29, 1.82) is 0 Å². The van der Waals surface area contributed by atoms with E-state index in [4.69, 9.17) is 9.97 Å². The molecule has 4 aromatic rings. The van der Waals surface area contributed by atoms with Crippen LogP contribution < -0.4 is 20.4 Å². The number of piperidine rings is 1. The summed E-state index contributed by atoms with van der Waals surface area (Å²) in [6, 6.07) is 12.0. The van der Waals surface area contributed by atoms with Gasteiger partial charge in [0.05, 0.1) is 11.1 Å². The maximum atomic E-state index is 13.8. The monoisotopic (exact) mass is 744 g/mol. The molecule has 3 saturated heterocycles. The average molecular weight is 745 g/mol. The molecule has 0 bridgehead atoms. The van der Waals surface area contributed by atoms with Crippen LogP contribution in [0.15, 0.2) is 48.8 Å². The van der Waals surface area contributed by atoms with Gasteiger partial charge in [-0.05, 0) is 81.8 Å². The van der Waals surface area contributed by atoms with E-state index >= 15 is 0 Å². The molecule has 0 unspecified atom stereocenters. The molecule has 0 spiro atoms. The van der Waals surface area contributed by atoms with Gasteiger partial charge in [-0.15, -0.1) is 0 Å². The smallest absolute Gasteiger partial charge is 0.270 e. The Bertz CT molecular complexity index is 2200. The van der Waals surface area contributed by atoms with Crippen molar-refractivity contribution in [3.8, 4) is 0 Å². The topological polar surface area (TPSA) is 149 Å². The fraction of sp³-hybridized carbons (Fsp3) is 0.488. The van der Waals surface area contributed by atoms with Gasteiger partial charge in [-0.2, -0.15) is 4.98 Å². The molecule has 4 aliphatic heterocycles. The second kappa shape index (κ2) is 13.4. The number of imide groups is 1. The zero-order valence-electron chi connectivity index (χ0n) is 31.9. The van der Waals surface area contributed by atoms with Gasteiger partial charge in [0.25, 0.3) is 5.91 Å². The first-order chi connectivity index (χ1) is 26.5. The average Bonchev–Trinajstić information content (AvgIpc) is 3.95. The summed E-state index contributed by atoms with van der Waals surface area (Å²) in [5.74, 6) is 0.678. The first kappa shape index (κ1) is 35.3. The Balaban J connectivity index is 0.850. The number of nitrogens with one attached hydrogen (secondary N) is 2. The minimum Gasteiger partial charge on any atom is -0.368 e. The number of pyridine rings is 1. The molecule has 14 heteroatoms. The van der Waals surface area contributed by atoms with Gasteiger partial charge in [0.15, 0.2) is 0 Å². The zero-order valence-corrected chi connectivity index (χ0v) is 31.9. The van der Waals surface area contributed by atoms with Crippen molar-refractivity contribution in [2.75, 3.05) is 55.4 Å². The van der Waals surface area contributed by atoms with Crippen LogP contribution in [-0.4, -0.2) is 105 Å². The number of anilines is 4. The summed E-state index contributed by atoms with van der Waals surface area (Å²) in [6.45, 7) is 7.58. The predicted molar refractivity (Wildman–Crippen MR) is 209 cm³/mol. The molecule has 14 nitrogen and oxygen atoms in total. The highest BCUT2D eigenvalue weighted by molar-refractivity contribution is 6.14. The number of aromatic nitrogens is 4. The second-order valence-electron chi connectivity index (χ2n) is 16.6. The number of likely N-dealkylation sites (tertiary alicyclic amines) is 1. The summed E-state index contributed by atoms with van der Waals surface area (Å²) in [5, 5.41) is 6.57. The van der Waals surface area contributed by atoms with Gasteiger partial charge in [0.2, 0.25) is 23.7 Å². The van der Waals surface area contributed by atoms with Gasteiger partial charge < -0.3 is 19.7 Å². The number of nitrogens with zero attached hydrogens (tertiary/aromatic N) is 8. The van der Waals surface area contributed by atoms with Crippen molar-refractivity contribution < 1.29 is 19.2 Å². The van der Waals surface area contributed by atoms with E-state index in [0.29, 0.717) is 35.8 Å². The molecule has 4 amide bonds. The van der Waals surface area contributed by atoms with Crippen LogP contribution in [0.3, 0.4) is 0 Å². The molecule has 55 heavy (non-hydrogen) atoms. The van der Waals surface area contributed by atoms with Crippen molar-refractivity contribution in [3.63, 3.8) is 0 Å². The van der Waals surface area contributed by atoms with E-state index in [1.54, 1.807) is 30.1 Å². The Kier molecular flexibility index (Phi) is 8.63. The van der Waals surface area contributed by atoms with E-state index in [-0.39, 0.29) is 30.2 Å². The molecule has 9 rings (SSSR count). The third-order valence-electron chi connectivity index (χ3n) is 12.5. The van der Waals surface area contributed by atoms with E-state index < -0.39 is 17.4 Å². The summed E-state index contributed by atoms with van der Waals surface area (Å²) in [4.78, 5) is 73.9. The van der Waals surface area contributed by atoms with Gasteiger partial charge in [0, 0.05) is 81.3 Å². The molecule has 5 aliphatic rings. The molecule has 2 N–H and O–H groups in total. The highest BCUT2D eigenvalue weighted by Crippen LogP contribution is 2.49. The van der Waals surface area contributed by atoms with Crippen LogP contribution >= 0.6 is 0 Å². The molecule has 286 valence electrons. The first-order valence-corrected chi connectivity index (χ1v) is 19.6. The van der Waals surface area contributed by atoms with Crippen LogP contribution in [0.2, 0.25) is 0 Å². The number of benzene rings is 1. The van der Waals surface area contributed by atoms with Gasteiger partial charge in [-0.1, -0.05) is 25.0 Å². The van der Waals surface area contributed by atoms with Crippen LogP contribution in [0.4, 0.5) is 23.1 Å². The first-order valence-electron chi connectivity index (χ1n) is 19.6. The van der Waals surface area contributed by atoms with Crippen LogP contribution in [0.1, 0.15) is 92.4 Å². The number of fused-ring (bicyclic) bond motifs is 2. The predicted octanol–water partition coefficient (Wildman–Crippen LogP) is 4.49. The number of amides is 4. The quantitative estimate of drug-likeness (QED) is 0.247. The van der Waals surface area contributed by atoms with E-state index in [1.165, 1.54) is 5.56 Å². The number of hydrogen-bond donors (Lipinski definition) is 2. The van der Waals surface area contributed by atoms with Gasteiger partial charge >= 0.3 is 0 Å². The molecule has 1 aliphatic carbocycles. The lowest BCUT2D eigenvalue weighted by molar-refractivity contribution is -0.136. The lowest BCUT2D eigenvalue weighted by Crippen LogP contribution is -2.59. The van der Waals surface area contributed by atoms with Gasteiger partial charge in [0.1, 0.15) is 23.2 Å². The van der Waals surface area contributed by atoms with Crippen molar-refractivity contribution in [2.24, 2.45) is 0 Å². The Morgan fingerprint density at radius 1 is 0.927 bits per heavy atom. The normalized spacial score (nSPS) is 23.0. The molecule has 0 radical (unpaired) electrons. The molecule has 4 fully saturated rings. The summed E-state index contributed by atoms with van der Waals surface area (Å²) in [5.41, 5.74) is 4.62.